The summed E-state index contributed by atoms with van der Waals surface area (Å²) in [5.74, 6) is 1.67. The zero-order valence-electron chi connectivity index (χ0n) is 19.4. The molecule has 8 rings (SSSR count). The van der Waals surface area contributed by atoms with Gasteiger partial charge in [0.05, 0.1) is 52.9 Å². The van der Waals surface area contributed by atoms with Gasteiger partial charge in [0.15, 0.2) is 0 Å². The highest BCUT2D eigenvalue weighted by molar-refractivity contribution is 5.29. The van der Waals surface area contributed by atoms with E-state index in [-0.39, 0.29) is 0 Å². The van der Waals surface area contributed by atoms with Gasteiger partial charge in [-0.1, -0.05) is 48.5 Å². The van der Waals surface area contributed by atoms with Gasteiger partial charge in [0.1, 0.15) is 24.7 Å². The lowest BCUT2D eigenvalue weighted by molar-refractivity contribution is -0.00619. The van der Waals surface area contributed by atoms with Crippen LogP contribution in [-0.4, -0.2) is 39.6 Å². The molecule has 0 atom stereocenters. The van der Waals surface area contributed by atoms with Crippen molar-refractivity contribution in [1.29, 1.82) is 0 Å². The molecule has 6 nitrogen and oxygen atoms in total. The SMILES string of the molecule is c1cc2ccc1COCCOCCOCCOCc1ccc(cc1)OCc1ccc(cc1)CO2. The van der Waals surface area contributed by atoms with Crippen molar-refractivity contribution in [3.63, 3.8) is 0 Å². The van der Waals surface area contributed by atoms with Crippen molar-refractivity contribution >= 4 is 0 Å². The number of benzene rings is 3. The number of hydrogen-bond donors (Lipinski definition) is 0. The van der Waals surface area contributed by atoms with Crippen molar-refractivity contribution in [3.8, 4) is 11.5 Å². The summed E-state index contributed by atoms with van der Waals surface area (Å²) in [5, 5.41) is 0. The van der Waals surface area contributed by atoms with E-state index in [0.29, 0.717) is 66.1 Å². The predicted molar refractivity (Wildman–Crippen MR) is 129 cm³/mol. The smallest absolute Gasteiger partial charge is 0.119 e. The van der Waals surface area contributed by atoms with Gasteiger partial charge in [-0.15, -0.1) is 0 Å². The van der Waals surface area contributed by atoms with E-state index in [1.807, 2.05) is 48.5 Å². The predicted octanol–water partition coefficient (Wildman–Crippen LogP) is 4.92. The lowest BCUT2D eigenvalue weighted by Gasteiger charge is -2.11. The van der Waals surface area contributed by atoms with E-state index in [0.717, 1.165) is 33.8 Å². The Morgan fingerprint density at radius 3 is 1.00 bits per heavy atom. The van der Waals surface area contributed by atoms with Gasteiger partial charge in [0.25, 0.3) is 0 Å². The van der Waals surface area contributed by atoms with Gasteiger partial charge in [-0.05, 0) is 46.5 Å². The van der Waals surface area contributed by atoms with E-state index in [2.05, 4.69) is 24.3 Å². The lowest BCUT2D eigenvalue weighted by atomic mass is 10.1. The highest BCUT2D eigenvalue weighted by Gasteiger charge is 2.02. The molecule has 0 saturated carbocycles. The van der Waals surface area contributed by atoms with E-state index < -0.39 is 0 Å². The van der Waals surface area contributed by atoms with Crippen LogP contribution >= 0.6 is 0 Å². The quantitative estimate of drug-likeness (QED) is 0.471. The second kappa shape index (κ2) is 13.7. The molecule has 3 aromatic carbocycles. The molecule has 0 radical (unpaired) electrons. The van der Waals surface area contributed by atoms with E-state index in [4.69, 9.17) is 28.4 Å². The molecule has 0 spiro atoms. The van der Waals surface area contributed by atoms with E-state index in [1.54, 1.807) is 0 Å². The summed E-state index contributed by atoms with van der Waals surface area (Å²) in [6, 6.07) is 24.3. The maximum absolute atomic E-state index is 5.92. The van der Waals surface area contributed by atoms with Crippen molar-refractivity contribution in [2.45, 2.75) is 26.4 Å². The Morgan fingerprint density at radius 1 is 0.324 bits per heavy atom. The number of rotatable bonds is 0. The van der Waals surface area contributed by atoms with Crippen LogP contribution in [0.15, 0.2) is 72.8 Å². The highest BCUT2D eigenvalue weighted by atomic mass is 16.6. The molecule has 0 aromatic heterocycles. The van der Waals surface area contributed by atoms with Crippen molar-refractivity contribution in [2.24, 2.45) is 0 Å². The molecule has 6 bridgehead atoms. The van der Waals surface area contributed by atoms with E-state index in [1.165, 1.54) is 0 Å². The van der Waals surface area contributed by atoms with Crippen LogP contribution in [-0.2, 0) is 45.4 Å². The minimum Gasteiger partial charge on any atom is -0.489 e. The zero-order chi connectivity index (χ0) is 23.3. The summed E-state index contributed by atoms with van der Waals surface area (Å²) in [6.07, 6.45) is 0. The summed E-state index contributed by atoms with van der Waals surface area (Å²) in [4.78, 5) is 0. The summed E-state index contributed by atoms with van der Waals surface area (Å²) in [7, 11) is 0. The largest absolute Gasteiger partial charge is 0.489 e. The van der Waals surface area contributed by atoms with E-state index in [9.17, 15) is 0 Å². The molecule has 6 heteroatoms. The molecule has 5 aliphatic rings. The molecule has 0 saturated heterocycles. The maximum Gasteiger partial charge on any atom is 0.119 e. The first kappa shape index (κ1) is 24.2. The molecule has 5 aliphatic heterocycles. The first-order valence-electron chi connectivity index (χ1n) is 11.7. The van der Waals surface area contributed by atoms with Crippen molar-refractivity contribution in [1.82, 2.24) is 0 Å². The Balaban J connectivity index is 1.32. The van der Waals surface area contributed by atoms with Crippen molar-refractivity contribution < 1.29 is 28.4 Å². The fraction of sp³-hybridized carbons (Fsp3) is 0.357. The Labute approximate surface area is 201 Å². The van der Waals surface area contributed by atoms with Crippen LogP contribution in [0.5, 0.6) is 11.5 Å². The highest BCUT2D eigenvalue weighted by Crippen LogP contribution is 2.17. The van der Waals surface area contributed by atoms with Crippen LogP contribution in [0.2, 0.25) is 0 Å². The molecule has 180 valence electrons. The fourth-order valence-corrected chi connectivity index (χ4v) is 3.37. The third-order valence-corrected chi connectivity index (χ3v) is 5.33. The third kappa shape index (κ3) is 8.47. The maximum atomic E-state index is 5.92. The van der Waals surface area contributed by atoms with Gasteiger partial charge in [-0.25, -0.2) is 0 Å². The second-order valence-corrected chi connectivity index (χ2v) is 8.01. The molecular weight excluding hydrogens is 432 g/mol. The van der Waals surface area contributed by atoms with Crippen LogP contribution in [0.1, 0.15) is 22.3 Å². The summed E-state index contributed by atoms with van der Waals surface area (Å²) < 4.78 is 34.3. The Kier molecular flexibility index (Phi) is 9.78. The van der Waals surface area contributed by atoms with Gasteiger partial charge < -0.3 is 28.4 Å². The minimum absolute atomic E-state index is 0.515. The van der Waals surface area contributed by atoms with Gasteiger partial charge in [-0.3, -0.25) is 0 Å². The standard InChI is InChI=1S/C28H32O6/c1-2-26-4-3-25(1)21-33-27-9-5-23(6-10-27)19-31-17-15-29-13-14-30-16-18-32-20-24-7-11-28(12-8-24)34-22-26/h1-12H,13-22H2. The number of ether oxygens (including phenoxy) is 6. The van der Waals surface area contributed by atoms with Crippen LogP contribution in [0.25, 0.3) is 0 Å². The van der Waals surface area contributed by atoms with Crippen LogP contribution in [0.3, 0.4) is 0 Å². The van der Waals surface area contributed by atoms with Crippen molar-refractivity contribution in [3.05, 3.63) is 95.1 Å². The number of hydrogen-bond acceptors (Lipinski definition) is 6. The molecular formula is C28H32O6. The first-order valence-corrected chi connectivity index (χ1v) is 11.7. The topological polar surface area (TPSA) is 55.4 Å². The third-order valence-electron chi connectivity index (χ3n) is 5.33. The zero-order valence-corrected chi connectivity index (χ0v) is 19.4. The molecule has 3 aromatic rings. The molecule has 0 unspecified atom stereocenters. The Hall–Kier alpha value is -2.90. The molecule has 0 aliphatic carbocycles. The Bertz CT molecular complexity index is 873. The van der Waals surface area contributed by atoms with E-state index >= 15 is 0 Å². The normalized spacial score (nSPS) is 16.8. The second-order valence-electron chi connectivity index (χ2n) is 8.01. The molecule has 34 heavy (non-hydrogen) atoms. The summed E-state index contributed by atoms with van der Waals surface area (Å²) in [6.45, 7) is 5.37. The van der Waals surface area contributed by atoms with Crippen LogP contribution in [0.4, 0.5) is 0 Å². The first-order chi connectivity index (χ1) is 16.8. The Morgan fingerprint density at radius 2 is 0.618 bits per heavy atom. The molecule has 0 N–H and O–H groups in total. The van der Waals surface area contributed by atoms with Gasteiger partial charge in [0.2, 0.25) is 0 Å². The summed E-state index contributed by atoms with van der Waals surface area (Å²) >= 11 is 0. The van der Waals surface area contributed by atoms with Gasteiger partial charge in [0, 0.05) is 0 Å². The van der Waals surface area contributed by atoms with Crippen molar-refractivity contribution in [2.75, 3.05) is 39.6 Å². The van der Waals surface area contributed by atoms with Crippen LogP contribution in [0, 0.1) is 0 Å². The lowest BCUT2D eigenvalue weighted by Crippen LogP contribution is -2.11. The molecule has 5 heterocycles. The number of fused-ring (bicyclic) bond motifs is 1. The van der Waals surface area contributed by atoms with Gasteiger partial charge in [-0.2, -0.15) is 0 Å². The minimum atomic E-state index is 0.515. The van der Waals surface area contributed by atoms with Crippen LogP contribution < -0.4 is 9.47 Å². The molecule has 0 amide bonds. The van der Waals surface area contributed by atoms with Gasteiger partial charge >= 0.3 is 0 Å². The summed E-state index contributed by atoms with van der Waals surface area (Å²) in [5.41, 5.74) is 4.42. The average Bonchev–Trinajstić information content (AvgIpc) is 2.88. The fourth-order valence-electron chi connectivity index (χ4n) is 3.37. The average molecular weight is 465 g/mol. The molecule has 0 fully saturated rings. The monoisotopic (exact) mass is 464 g/mol.